The Morgan fingerprint density at radius 2 is 1.86 bits per heavy atom. The minimum absolute atomic E-state index is 0.0113. The summed E-state index contributed by atoms with van der Waals surface area (Å²) in [6.45, 7) is 1.33. The molecule has 1 saturated carbocycles. The van der Waals surface area contributed by atoms with Crippen LogP contribution in [0.3, 0.4) is 0 Å². The van der Waals surface area contributed by atoms with Crippen molar-refractivity contribution in [3.05, 3.63) is 35.9 Å². The van der Waals surface area contributed by atoms with Gasteiger partial charge in [0.2, 0.25) is 5.91 Å². The molecular formula is C22H28N2O5. The second kappa shape index (κ2) is 9.67. The Hall–Kier alpha value is -2.70. The lowest BCUT2D eigenvalue weighted by molar-refractivity contribution is -0.152. The van der Waals surface area contributed by atoms with Gasteiger partial charge in [-0.05, 0) is 31.7 Å². The van der Waals surface area contributed by atoms with Crippen molar-refractivity contribution < 1.29 is 23.9 Å². The van der Waals surface area contributed by atoms with Crippen molar-refractivity contribution in [1.82, 2.24) is 10.2 Å². The van der Waals surface area contributed by atoms with Crippen LogP contribution in [-0.4, -0.2) is 53.7 Å². The van der Waals surface area contributed by atoms with E-state index < -0.39 is 30.4 Å². The number of likely N-dealkylation sites (tertiary alicyclic amines) is 1. The molecule has 2 fully saturated rings. The molecule has 7 nitrogen and oxygen atoms in total. The van der Waals surface area contributed by atoms with Crippen LogP contribution in [0.1, 0.15) is 44.6 Å². The van der Waals surface area contributed by atoms with E-state index in [9.17, 15) is 19.2 Å². The summed E-state index contributed by atoms with van der Waals surface area (Å²) in [4.78, 5) is 50.4. The molecular weight excluding hydrogens is 372 g/mol. The summed E-state index contributed by atoms with van der Waals surface area (Å²) in [5, 5.41) is 2.63. The molecule has 2 aliphatic rings. The van der Waals surface area contributed by atoms with E-state index in [1.54, 1.807) is 4.90 Å². The molecule has 1 aromatic carbocycles. The Kier molecular flexibility index (Phi) is 7.01. The number of hydrogen-bond acceptors (Lipinski definition) is 5. The summed E-state index contributed by atoms with van der Waals surface area (Å²) in [5.74, 6) is -1.75. The van der Waals surface area contributed by atoms with Crippen LogP contribution in [0.15, 0.2) is 30.3 Å². The fraction of sp³-hybridized carbons (Fsp3) is 0.545. The number of ketones is 1. The van der Waals surface area contributed by atoms with Gasteiger partial charge in [0.15, 0.2) is 12.4 Å². The van der Waals surface area contributed by atoms with Crippen LogP contribution in [0.4, 0.5) is 0 Å². The average Bonchev–Trinajstić information content (AvgIpc) is 3.36. The van der Waals surface area contributed by atoms with Crippen molar-refractivity contribution in [2.24, 2.45) is 5.92 Å². The number of carbonyl (C=O) groups is 4. The van der Waals surface area contributed by atoms with Crippen LogP contribution < -0.4 is 5.32 Å². The van der Waals surface area contributed by atoms with Gasteiger partial charge in [-0.3, -0.25) is 19.2 Å². The first kappa shape index (κ1) is 21.0. The molecule has 156 valence electrons. The van der Waals surface area contributed by atoms with E-state index in [2.05, 4.69) is 5.32 Å². The average molecular weight is 400 g/mol. The molecule has 1 saturated heterocycles. The smallest absolute Gasteiger partial charge is 0.311 e. The molecule has 1 heterocycles. The summed E-state index contributed by atoms with van der Waals surface area (Å²) >= 11 is 0. The highest BCUT2D eigenvalue weighted by atomic mass is 16.5. The van der Waals surface area contributed by atoms with Crippen molar-refractivity contribution in [2.75, 3.05) is 13.2 Å². The molecule has 0 bridgehead atoms. The van der Waals surface area contributed by atoms with Crippen LogP contribution in [0.5, 0.6) is 0 Å². The zero-order valence-electron chi connectivity index (χ0n) is 16.8. The lowest BCUT2D eigenvalue weighted by Crippen LogP contribution is -2.43. The Morgan fingerprint density at radius 1 is 1.17 bits per heavy atom. The van der Waals surface area contributed by atoms with E-state index in [1.807, 2.05) is 30.3 Å². The molecule has 1 aliphatic carbocycles. The minimum atomic E-state index is -0.672. The van der Waals surface area contributed by atoms with Gasteiger partial charge >= 0.3 is 5.97 Å². The van der Waals surface area contributed by atoms with Gasteiger partial charge in [-0.1, -0.05) is 43.2 Å². The molecule has 2 amide bonds. The Bertz CT molecular complexity index is 758. The van der Waals surface area contributed by atoms with E-state index in [4.69, 9.17) is 4.74 Å². The van der Waals surface area contributed by atoms with Crippen LogP contribution >= 0.6 is 0 Å². The van der Waals surface area contributed by atoms with Crippen molar-refractivity contribution in [3.8, 4) is 0 Å². The number of Topliss-reactive ketones (excluding diaryl/α,β-unsaturated/α-hetero) is 1. The number of benzene rings is 1. The zero-order chi connectivity index (χ0) is 20.8. The minimum Gasteiger partial charge on any atom is -0.455 e. The second-order valence-electron chi connectivity index (χ2n) is 7.91. The Balaban J connectivity index is 1.46. The molecule has 1 N–H and O–H groups in total. The van der Waals surface area contributed by atoms with E-state index in [1.165, 1.54) is 6.92 Å². The predicted octanol–water partition coefficient (Wildman–Crippen LogP) is 1.64. The van der Waals surface area contributed by atoms with Crippen molar-refractivity contribution >= 4 is 23.6 Å². The first-order valence-electron chi connectivity index (χ1n) is 10.2. The maximum Gasteiger partial charge on any atom is 0.311 e. The highest BCUT2D eigenvalue weighted by Gasteiger charge is 2.39. The highest BCUT2D eigenvalue weighted by Crippen LogP contribution is 2.29. The number of ether oxygens (including phenoxy) is 1. The summed E-state index contributed by atoms with van der Waals surface area (Å²) in [7, 11) is 0. The Morgan fingerprint density at radius 3 is 2.52 bits per heavy atom. The molecule has 2 atom stereocenters. The molecule has 0 unspecified atom stereocenters. The third kappa shape index (κ3) is 5.65. The number of rotatable bonds is 8. The van der Waals surface area contributed by atoms with Gasteiger partial charge in [-0.15, -0.1) is 0 Å². The number of nitrogens with one attached hydrogen (secondary N) is 1. The van der Waals surface area contributed by atoms with Gasteiger partial charge in [0, 0.05) is 19.0 Å². The number of carbonyl (C=O) groups excluding carboxylic acids is 4. The summed E-state index contributed by atoms with van der Waals surface area (Å²) < 4.78 is 5.14. The number of hydrogen-bond donors (Lipinski definition) is 1. The lowest BCUT2D eigenvalue weighted by Gasteiger charge is -2.23. The second-order valence-corrected chi connectivity index (χ2v) is 7.91. The van der Waals surface area contributed by atoms with Crippen LogP contribution in [0, 0.1) is 5.92 Å². The van der Waals surface area contributed by atoms with Gasteiger partial charge in [0.1, 0.15) is 0 Å². The third-order valence-corrected chi connectivity index (χ3v) is 5.71. The molecule has 1 aromatic rings. The summed E-state index contributed by atoms with van der Waals surface area (Å²) in [5.41, 5.74) is 0.932. The third-order valence-electron chi connectivity index (χ3n) is 5.71. The predicted molar refractivity (Wildman–Crippen MR) is 106 cm³/mol. The van der Waals surface area contributed by atoms with E-state index in [0.29, 0.717) is 13.0 Å². The summed E-state index contributed by atoms with van der Waals surface area (Å²) in [6.07, 6.45) is 4.73. The number of nitrogens with zero attached hydrogens (tertiary/aromatic N) is 1. The SMILES string of the molecule is CC(=O)[C@H](Cc1ccccc1)NC(=O)COC(=O)[C@H]1CC(=O)N(C2CCCC2)C1. The fourth-order valence-electron chi connectivity index (χ4n) is 4.10. The van der Waals surface area contributed by atoms with Crippen molar-refractivity contribution in [2.45, 2.75) is 57.5 Å². The first-order valence-corrected chi connectivity index (χ1v) is 10.2. The molecule has 0 spiro atoms. The summed E-state index contributed by atoms with van der Waals surface area (Å²) in [6, 6.07) is 8.95. The molecule has 0 radical (unpaired) electrons. The topological polar surface area (TPSA) is 92.8 Å². The van der Waals surface area contributed by atoms with E-state index in [0.717, 1.165) is 31.2 Å². The maximum atomic E-state index is 12.3. The number of esters is 1. The molecule has 7 heteroatoms. The van der Waals surface area contributed by atoms with Gasteiger partial charge in [-0.25, -0.2) is 0 Å². The molecule has 29 heavy (non-hydrogen) atoms. The van der Waals surface area contributed by atoms with Crippen LogP contribution in [0.25, 0.3) is 0 Å². The maximum absolute atomic E-state index is 12.3. The molecule has 0 aromatic heterocycles. The van der Waals surface area contributed by atoms with Crippen LogP contribution in [0.2, 0.25) is 0 Å². The normalized spacial score (nSPS) is 20.5. The Labute approximate surface area is 170 Å². The van der Waals surface area contributed by atoms with E-state index in [-0.39, 0.29) is 24.2 Å². The monoisotopic (exact) mass is 400 g/mol. The lowest BCUT2D eigenvalue weighted by atomic mass is 10.0. The molecule has 3 rings (SSSR count). The zero-order valence-corrected chi connectivity index (χ0v) is 16.8. The van der Waals surface area contributed by atoms with Gasteiger partial charge in [0.05, 0.1) is 12.0 Å². The van der Waals surface area contributed by atoms with Gasteiger partial charge in [-0.2, -0.15) is 0 Å². The molecule has 1 aliphatic heterocycles. The largest absolute Gasteiger partial charge is 0.455 e. The van der Waals surface area contributed by atoms with Crippen molar-refractivity contribution in [3.63, 3.8) is 0 Å². The van der Waals surface area contributed by atoms with E-state index >= 15 is 0 Å². The first-order chi connectivity index (χ1) is 13.9. The van der Waals surface area contributed by atoms with Gasteiger partial charge in [0.25, 0.3) is 5.91 Å². The standard InChI is InChI=1S/C22H28N2O5/c1-15(25)19(11-16-7-3-2-4-8-16)23-20(26)14-29-22(28)17-12-21(27)24(13-17)18-9-5-6-10-18/h2-4,7-8,17-19H,5-6,9-14H2,1H3,(H,23,26)/t17-,19-/m0/s1. The quantitative estimate of drug-likeness (QED) is 0.670. The highest BCUT2D eigenvalue weighted by molar-refractivity contribution is 5.90. The number of amides is 2. The van der Waals surface area contributed by atoms with Crippen LogP contribution in [-0.2, 0) is 30.3 Å². The fourth-order valence-corrected chi connectivity index (χ4v) is 4.10. The van der Waals surface area contributed by atoms with Crippen molar-refractivity contribution in [1.29, 1.82) is 0 Å². The van der Waals surface area contributed by atoms with Gasteiger partial charge < -0.3 is 15.0 Å².